The van der Waals surface area contributed by atoms with Gasteiger partial charge in [0, 0.05) is 25.0 Å². The summed E-state index contributed by atoms with van der Waals surface area (Å²) in [5.41, 5.74) is 1.36. The second kappa shape index (κ2) is 7.82. The largest absolute Gasteiger partial charge is 0.396 e. The molecule has 2 N–H and O–H groups in total. The fourth-order valence-electron chi connectivity index (χ4n) is 2.00. The first kappa shape index (κ1) is 14.6. The first-order valence-corrected chi connectivity index (χ1v) is 6.49. The van der Waals surface area contributed by atoms with E-state index in [1.165, 1.54) is 0 Å². The summed E-state index contributed by atoms with van der Waals surface area (Å²) in [6.07, 6.45) is 4.50. The Labute approximate surface area is 108 Å². The monoisotopic (exact) mass is 250 g/mol. The van der Waals surface area contributed by atoms with Gasteiger partial charge in [-0.05, 0) is 37.8 Å². The van der Waals surface area contributed by atoms with E-state index >= 15 is 0 Å². The molecule has 0 fully saturated rings. The predicted molar refractivity (Wildman–Crippen MR) is 71.4 cm³/mol. The Morgan fingerprint density at radius 1 is 1.50 bits per heavy atom. The number of nitrogens with zero attached hydrogens (tertiary/aromatic N) is 1. The van der Waals surface area contributed by atoms with Crippen molar-refractivity contribution in [3.8, 4) is 0 Å². The van der Waals surface area contributed by atoms with Crippen LogP contribution in [0, 0.1) is 12.8 Å². The molecule has 1 unspecified atom stereocenters. The maximum absolute atomic E-state index is 12.0. The summed E-state index contributed by atoms with van der Waals surface area (Å²) >= 11 is 0. The Morgan fingerprint density at radius 3 is 2.89 bits per heavy atom. The van der Waals surface area contributed by atoms with Crippen LogP contribution in [0.4, 0.5) is 0 Å². The molecule has 1 heterocycles. The van der Waals surface area contributed by atoms with Crippen LogP contribution >= 0.6 is 0 Å². The summed E-state index contributed by atoms with van der Waals surface area (Å²) in [6.45, 7) is 4.72. The molecule has 0 bridgehead atoms. The molecular weight excluding hydrogens is 228 g/mol. The van der Waals surface area contributed by atoms with Crippen molar-refractivity contribution in [1.29, 1.82) is 0 Å². The lowest BCUT2D eigenvalue weighted by Crippen LogP contribution is -2.30. The molecule has 4 nitrogen and oxygen atoms in total. The molecule has 1 aromatic heterocycles. The van der Waals surface area contributed by atoms with E-state index in [-0.39, 0.29) is 12.5 Å². The van der Waals surface area contributed by atoms with E-state index < -0.39 is 0 Å². The first-order valence-electron chi connectivity index (χ1n) is 6.49. The number of hydrogen-bond acceptors (Lipinski definition) is 3. The molecule has 0 spiro atoms. The molecule has 1 rings (SSSR count). The predicted octanol–water partition coefficient (Wildman–Crippen LogP) is 1.92. The number of nitrogens with one attached hydrogen (secondary N) is 1. The maximum atomic E-state index is 12.0. The van der Waals surface area contributed by atoms with Gasteiger partial charge >= 0.3 is 0 Å². The molecule has 0 aliphatic rings. The van der Waals surface area contributed by atoms with Crippen molar-refractivity contribution >= 4 is 5.91 Å². The third-order valence-corrected chi connectivity index (χ3v) is 3.04. The van der Waals surface area contributed by atoms with Gasteiger partial charge in [0.25, 0.3) is 5.91 Å². The molecule has 18 heavy (non-hydrogen) atoms. The number of pyridine rings is 1. The van der Waals surface area contributed by atoms with Gasteiger partial charge in [0.15, 0.2) is 0 Å². The number of rotatable bonds is 7. The molecule has 4 heteroatoms. The Kier molecular flexibility index (Phi) is 6.36. The number of amides is 1. The SMILES string of the molecule is CCCC(CCO)CNC(=O)c1cccnc1C. The van der Waals surface area contributed by atoms with Crippen LogP contribution in [0.25, 0.3) is 0 Å². The second-order valence-corrected chi connectivity index (χ2v) is 4.51. The minimum Gasteiger partial charge on any atom is -0.396 e. The van der Waals surface area contributed by atoms with Crippen molar-refractivity contribution in [1.82, 2.24) is 10.3 Å². The van der Waals surface area contributed by atoms with Gasteiger partial charge in [0.2, 0.25) is 0 Å². The third-order valence-electron chi connectivity index (χ3n) is 3.04. The van der Waals surface area contributed by atoms with Gasteiger partial charge in [0.05, 0.1) is 5.56 Å². The zero-order valence-electron chi connectivity index (χ0n) is 11.1. The van der Waals surface area contributed by atoms with E-state index in [9.17, 15) is 4.79 Å². The minimum absolute atomic E-state index is 0.0837. The molecule has 1 aromatic rings. The van der Waals surface area contributed by atoms with Gasteiger partial charge in [-0.3, -0.25) is 9.78 Å². The summed E-state index contributed by atoms with van der Waals surface area (Å²) in [4.78, 5) is 16.1. The molecule has 0 aromatic carbocycles. The van der Waals surface area contributed by atoms with Crippen LogP contribution < -0.4 is 5.32 Å². The second-order valence-electron chi connectivity index (χ2n) is 4.51. The Bertz CT molecular complexity index is 374. The van der Waals surface area contributed by atoms with Crippen molar-refractivity contribution in [3.05, 3.63) is 29.6 Å². The summed E-state index contributed by atoms with van der Waals surface area (Å²) in [7, 11) is 0. The van der Waals surface area contributed by atoms with Gasteiger partial charge in [-0.2, -0.15) is 0 Å². The number of hydrogen-bond donors (Lipinski definition) is 2. The molecule has 0 saturated heterocycles. The summed E-state index contributed by atoms with van der Waals surface area (Å²) in [5.74, 6) is 0.264. The molecule has 0 aliphatic heterocycles. The zero-order chi connectivity index (χ0) is 13.4. The van der Waals surface area contributed by atoms with Crippen LogP contribution in [0.15, 0.2) is 18.3 Å². The number of aromatic nitrogens is 1. The third kappa shape index (κ3) is 4.45. The van der Waals surface area contributed by atoms with Gasteiger partial charge in [-0.25, -0.2) is 0 Å². The normalized spacial score (nSPS) is 12.2. The van der Waals surface area contributed by atoms with E-state index in [2.05, 4.69) is 17.2 Å². The van der Waals surface area contributed by atoms with Crippen molar-refractivity contribution in [2.45, 2.75) is 33.1 Å². The number of aliphatic hydroxyl groups is 1. The van der Waals surface area contributed by atoms with Gasteiger partial charge in [-0.15, -0.1) is 0 Å². The van der Waals surface area contributed by atoms with Crippen LogP contribution in [0.1, 0.15) is 42.2 Å². The lowest BCUT2D eigenvalue weighted by molar-refractivity contribution is 0.0942. The van der Waals surface area contributed by atoms with Crippen LogP contribution in [-0.4, -0.2) is 29.1 Å². The van der Waals surface area contributed by atoms with E-state index in [1.54, 1.807) is 18.3 Å². The molecule has 0 saturated carbocycles. The van der Waals surface area contributed by atoms with E-state index in [4.69, 9.17) is 5.11 Å². The fourth-order valence-corrected chi connectivity index (χ4v) is 2.00. The van der Waals surface area contributed by atoms with Crippen LogP contribution in [0.2, 0.25) is 0 Å². The number of aryl methyl sites for hydroxylation is 1. The van der Waals surface area contributed by atoms with Crippen LogP contribution in [0.3, 0.4) is 0 Å². The van der Waals surface area contributed by atoms with E-state index in [0.29, 0.717) is 18.0 Å². The summed E-state index contributed by atoms with van der Waals surface area (Å²) < 4.78 is 0. The molecule has 1 atom stereocenters. The maximum Gasteiger partial charge on any atom is 0.253 e. The Balaban J connectivity index is 2.52. The van der Waals surface area contributed by atoms with E-state index in [0.717, 1.165) is 25.0 Å². The molecule has 0 radical (unpaired) electrons. The first-order chi connectivity index (χ1) is 8.69. The smallest absolute Gasteiger partial charge is 0.253 e. The summed E-state index contributed by atoms with van der Waals surface area (Å²) in [5, 5.41) is 11.9. The van der Waals surface area contributed by atoms with Gasteiger partial charge in [0.1, 0.15) is 0 Å². The van der Waals surface area contributed by atoms with Crippen molar-refractivity contribution in [2.24, 2.45) is 5.92 Å². The Hall–Kier alpha value is -1.42. The Morgan fingerprint density at radius 2 is 2.28 bits per heavy atom. The lowest BCUT2D eigenvalue weighted by Gasteiger charge is -2.16. The number of carbonyl (C=O) groups excluding carboxylic acids is 1. The highest BCUT2D eigenvalue weighted by Crippen LogP contribution is 2.10. The zero-order valence-corrected chi connectivity index (χ0v) is 11.1. The van der Waals surface area contributed by atoms with Crippen molar-refractivity contribution in [2.75, 3.05) is 13.2 Å². The van der Waals surface area contributed by atoms with Gasteiger partial charge < -0.3 is 10.4 Å². The molecule has 100 valence electrons. The highest BCUT2D eigenvalue weighted by atomic mass is 16.3. The number of carbonyl (C=O) groups is 1. The van der Waals surface area contributed by atoms with Crippen LogP contribution in [0.5, 0.6) is 0 Å². The van der Waals surface area contributed by atoms with Crippen molar-refractivity contribution in [3.63, 3.8) is 0 Å². The standard InChI is InChI=1S/C14H22N2O2/c1-3-5-12(7-9-17)10-16-14(18)13-6-4-8-15-11(13)2/h4,6,8,12,17H,3,5,7,9-10H2,1-2H3,(H,16,18). The number of aliphatic hydroxyl groups excluding tert-OH is 1. The molecule has 0 aliphatic carbocycles. The lowest BCUT2D eigenvalue weighted by atomic mass is 10.00. The van der Waals surface area contributed by atoms with Gasteiger partial charge in [-0.1, -0.05) is 13.3 Å². The van der Waals surface area contributed by atoms with Crippen molar-refractivity contribution < 1.29 is 9.90 Å². The highest BCUT2D eigenvalue weighted by molar-refractivity contribution is 5.95. The quantitative estimate of drug-likeness (QED) is 0.777. The molecule has 1 amide bonds. The summed E-state index contributed by atoms with van der Waals surface area (Å²) in [6, 6.07) is 3.54. The van der Waals surface area contributed by atoms with E-state index in [1.807, 2.05) is 6.92 Å². The van der Waals surface area contributed by atoms with Crippen LogP contribution in [-0.2, 0) is 0 Å². The topological polar surface area (TPSA) is 62.2 Å². The average Bonchev–Trinajstić information content (AvgIpc) is 2.36. The highest BCUT2D eigenvalue weighted by Gasteiger charge is 2.12. The molecular formula is C14H22N2O2. The fraction of sp³-hybridized carbons (Fsp3) is 0.571. The average molecular weight is 250 g/mol. The minimum atomic E-state index is -0.0837.